The summed E-state index contributed by atoms with van der Waals surface area (Å²) in [6.07, 6.45) is 0.872. The second-order valence-electron chi connectivity index (χ2n) is 4.45. The van der Waals surface area contributed by atoms with Gasteiger partial charge in [0.15, 0.2) is 0 Å². The third-order valence-corrected chi connectivity index (χ3v) is 3.09. The van der Waals surface area contributed by atoms with Gasteiger partial charge in [0, 0.05) is 0 Å². The van der Waals surface area contributed by atoms with Crippen LogP contribution in [0.4, 0.5) is 5.69 Å². The van der Waals surface area contributed by atoms with Crippen molar-refractivity contribution in [1.29, 1.82) is 0 Å². The van der Waals surface area contributed by atoms with Crippen LogP contribution in [0.25, 0.3) is 10.8 Å². The highest BCUT2D eigenvalue weighted by Gasteiger charge is 2.14. The molecule has 1 atom stereocenters. The Bertz CT molecular complexity index is 595. The zero-order chi connectivity index (χ0) is 13.8. The largest absolute Gasteiger partial charge is 0.478 e. The second-order valence-corrected chi connectivity index (χ2v) is 4.45. The molecule has 0 heterocycles. The molecule has 0 radical (unpaired) electrons. The zero-order valence-electron chi connectivity index (χ0n) is 11.0. The van der Waals surface area contributed by atoms with Crippen molar-refractivity contribution in [3.63, 3.8) is 0 Å². The number of anilines is 1. The molecule has 4 nitrogen and oxygen atoms in total. The Labute approximate surface area is 112 Å². The lowest BCUT2D eigenvalue weighted by atomic mass is 10.0. The number of nitrogens with one attached hydrogen (secondary N) is 1. The molecule has 0 aromatic heterocycles. The van der Waals surface area contributed by atoms with E-state index < -0.39 is 5.97 Å². The van der Waals surface area contributed by atoms with Crippen molar-refractivity contribution in [1.82, 2.24) is 0 Å². The number of hydrogen-bond acceptors (Lipinski definition) is 3. The van der Waals surface area contributed by atoms with Crippen LogP contribution in [-0.4, -0.2) is 17.2 Å². The SMILES string of the molecule is CCC(C)ONc1ccc2ccccc2c1C(=O)O. The van der Waals surface area contributed by atoms with E-state index in [0.29, 0.717) is 11.1 Å². The molecule has 2 aromatic carbocycles. The molecule has 0 aliphatic heterocycles. The lowest BCUT2D eigenvalue weighted by Crippen LogP contribution is -2.14. The van der Waals surface area contributed by atoms with Crippen molar-refractivity contribution in [2.45, 2.75) is 26.4 Å². The van der Waals surface area contributed by atoms with Gasteiger partial charge in [-0.25, -0.2) is 4.79 Å². The molecule has 0 spiro atoms. The fourth-order valence-electron chi connectivity index (χ4n) is 1.83. The molecular formula is C15H17NO3. The predicted octanol–water partition coefficient (Wildman–Crippen LogP) is 3.68. The van der Waals surface area contributed by atoms with E-state index in [1.807, 2.05) is 38.1 Å². The van der Waals surface area contributed by atoms with Crippen molar-refractivity contribution >= 4 is 22.4 Å². The van der Waals surface area contributed by atoms with E-state index >= 15 is 0 Å². The Morgan fingerprint density at radius 2 is 2.05 bits per heavy atom. The number of benzene rings is 2. The standard InChI is InChI=1S/C15H17NO3/c1-3-10(2)19-16-13-9-8-11-6-4-5-7-12(11)14(13)15(17)18/h4-10,16H,3H2,1-2H3,(H,17,18). The minimum absolute atomic E-state index is 0.0214. The highest BCUT2D eigenvalue weighted by atomic mass is 16.7. The fourth-order valence-corrected chi connectivity index (χ4v) is 1.83. The number of rotatable bonds is 5. The first-order valence-corrected chi connectivity index (χ1v) is 6.30. The molecule has 4 heteroatoms. The molecule has 0 fully saturated rings. The van der Waals surface area contributed by atoms with E-state index in [4.69, 9.17) is 4.84 Å². The van der Waals surface area contributed by atoms with Crippen LogP contribution in [0.2, 0.25) is 0 Å². The summed E-state index contributed by atoms with van der Waals surface area (Å²) in [6, 6.07) is 11.0. The van der Waals surface area contributed by atoms with Gasteiger partial charge >= 0.3 is 5.97 Å². The van der Waals surface area contributed by atoms with Crippen LogP contribution in [0.15, 0.2) is 36.4 Å². The van der Waals surface area contributed by atoms with Crippen LogP contribution in [0.5, 0.6) is 0 Å². The Balaban J connectivity index is 2.43. The van der Waals surface area contributed by atoms with Gasteiger partial charge in [-0.2, -0.15) is 0 Å². The molecule has 100 valence electrons. The Morgan fingerprint density at radius 1 is 1.32 bits per heavy atom. The third kappa shape index (κ3) is 2.85. The number of carboxylic acid groups (broad SMARTS) is 1. The normalized spacial score (nSPS) is 12.3. The lowest BCUT2D eigenvalue weighted by molar-refractivity contribution is 0.0695. The molecule has 0 bridgehead atoms. The molecule has 0 aliphatic rings. The van der Waals surface area contributed by atoms with Gasteiger partial charge in [-0.15, -0.1) is 0 Å². The number of fused-ring (bicyclic) bond motifs is 1. The van der Waals surface area contributed by atoms with E-state index in [-0.39, 0.29) is 11.7 Å². The topological polar surface area (TPSA) is 58.6 Å². The van der Waals surface area contributed by atoms with Gasteiger partial charge in [-0.05, 0) is 30.2 Å². The molecule has 2 aromatic rings. The van der Waals surface area contributed by atoms with Crippen LogP contribution in [-0.2, 0) is 4.84 Å². The van der Waals surface area contributed by atoms with E-state index in [2.05, 4.69) is 5.48 Å². The van der Waals surface area contributed by atoms with E-state index in [0.717, 1.165) is 11.8 Å². The Morgan fingerprint density at radius 3 is 2.74 bits per heavy atom. The monoisotopic (exact) mass is 259 g/mol. The smallest absolute Gasteiger partial charge is 0.338 e. The maximum Gasteiger partial charge on any atom is 0.338 e. The van der Waals surface area contributed by atoms with E-state index in [1.165, 1.54) is 0 Å². The van der Waals surface area contributed by atoms with Gasteiger partial charge in [0.05, 0.1) is 17.4 Å². The highest BCUT2D eigenvalue weighted by Crippen LogP contribution is 2.26. The minimum Gasteiger partial charge on any atom is -0.478 e. The fraction of sp³-hybridized carbons (Fsp3) is 0.267. The molecule has 0 amide bonds. The summed E-state index contributed by atoms with van der Waals surface area (Å²) in [7, 11) is 0. The maximum atomic E-state index is 11.5. The Kier molecular flexibility index (Phi) is 4.02. The van der Waals surface area contributed by atoms with Crippen molar-refractivity contribution in [3.8, 4) is 0 Å². The number of aromatic carboxylic acids is 1. The maximum absolute atomic E-state index is 11.5. The van der Waals surface area contributed by atoms with Crippen molar-refractivity contribution in [2.75, 3.05) is 5.48 Å². The summed E-state index contributed by atoms with van der Waals surface area (Å²) >= 11 is 0. The highest BCUT2D eigenvalue weighted by molar-refractivity contribution is 6.08. The van der Waals surface area contributed by atoms with Gasteiger partial charge < -0.3 is 5.11 Å². The first-order chi connectivity index (χ1) is 9.13. The van der Waals surface area contributed by atoms with Crippen LogP contribution in [0, 0.1) is 0 Å². The van der Waals surface area contributed by atoms with Gasteiger partial charge in [0.2, 0.25) is 0 Å². The predicted molar refractivity (Wildman–Crippen MR) is 75.4 cm³/mol. The summed E-state index contributed by atoms with van der Waals surface area (Å²) in [4.78, 5) is 16.9. The summed E-state index contributed by atoms with van der Waals surface area (Å²) in [6.45, 7) is 3.93. The average molecular weight is 259 g/mol. The van der Waals surface area contributed by atoms with Crippen LogP contribution in [0.3, 0.4) is 0 Å². The molecule has 1 unspecified atom stereocenters. The molecule has 2 rings (SSSR count). The summed E-state index contributed by atoms with van der Waals surface area (Å²) in [5.41, 5.74) is 3.47. The van der Waals surface area contributed by atoms with Crippen LogP contribution >= 0.6 is 0 Å². The van der Waals surface area contributed by atoms with E-state index in [1.54, 1.807) is 12.1 Å². The minimum atomic E-state index is -0.966. The number of hydrogen-bond donors (Lipinski definition) is 2. The van der Waals surface area contributed by atoms with Crippen molar-refractivity contribution < 1.29 is 14.7 Å². The van der Waals surface area contributed by atoms with Crippen LogP contribution < -0.4 is 5.48 Å². The zero-order valence-corrected chi connectivity index (χ0v) is 11.0. The van der Waals surface area contributed by atoms with Gasteiger partial charge in [0.25, 0.3) is 0 Å². The summed E-state index contributed by atoms with van der Waals surface area (Å²) in [5, 5.41) is 11.0. The molecule has 0 saturated heterocycles. The van der Waals surface area contributed by atoms with Crippen LogP contribution in [0.1, 0.15) is 30.6 Å². The molecule has 2 N–H and O–H groups in total. The van der Waals surface area contributed by atoms with Gasteiger partial charge in [-0.3, -0.25) is 10.3 Å². The third-order valence-electron chi connectivity index (χ3n) is 3.09. The Hall–Kier alpha value is -2.07. The first-order valence-electron chi connectivity index (χ1n) is 6.30. The molecule has 0 saturated carbocycles. The van der Waals surface area contributed by atoms with Gasteiger partial charge in [-0.1, -0.05) is 37.3 Å². The number of carbonyl (C=O) groups is 1. The van der Waals surface area contributed by atoms with Crippen molar-refractivity contribution in [3.05, 3.63) is 42.0 Å². The molecule has 0 aliphatic carbocycles. The summed E-state index contributed by atoms with van der Waals surface area (Å²) < 4.78 is 0. The molecule has 19 heavy (non-hydrogen) atoms. The summed E-state index contributed by atoms with van der Waals surface area (Å²) in [5.74, 6) is -0.966. The first kappa shape index (κ1) is 13.4. The van der Waals surface area contributed by atoms with Gasteiger partial charge in [0.1, 0.15) is 0 Å². The van der Waals surface area contributed by atoms with E-state index in [9.17, 15) is 9.90 Å². The lowest BCUT2D eigenvalue weighted by Gasteiger charge is -2.15. The van der Waals surface area contributed by atoms with Crippen molar-refractivity contribution in [2.24, 2.45) is 0 Å². The second kappa shape index (κ2) is 5.71. The quantitative estimate of drug-likeness (QED) is 0.804. The molecular weight excluding hydrogens is 242 g/mol. The average Bonchev–Trinajstić information content (AvgIpc) is 2.43. The number of carboxylic acids is 1.